The van der Waals surface area contributed by atoms with E-state index in [1.165, 1.54) is 0 Å². The number of carbonyl (C=O) groups is 2. The molecule has 1 aliphatic heterocycles. The minimum Gasteiger partial charge on any atom is -0.466 e. The van der Waals surface area contributed by atoms with E-state index in [0.29, 0.717) is 24.3 Å². The van der Waals surface area contributed by atoms with Gasteiger partial charge in [0, 0.05) is 36.8 Å². The van der Waals surface area contributed by atoms with Crippen molar-refractivity contribution in [3.8, 4) is 0 Å². The Hall–Kier alpha value is -2.08. The Morgan fingerprint density at radius 3 is 2.54 bits per heavy atom. The summed E-state index contributed by atoms with van der Waals surface area (Å²) >= 11 is 0. The van der Waals surface area contributed by atoms with Crippen LogP contribution in [0.5, 0.6) is 0 Å². The standard InChI is InChI=1S/C18H27N3O3/c1-2-24-17(22)4-3-11-21-12-9-16(10-13-21)20-18(23)14-5-7-15(19)8-6-14/h5-8,16H,2-4,9-13,19H2,1H3,(H,20,23). The van der Waals surface area contributed by atoms with Crippen LogP contribution in [0, 0.1) is 0 Å². The molecule has 132 valence electrons. The average Bonchev–Trinajstić information content (AvgIpc) is 2.57. The van der Waals surface area contributed by atoms with Gasteiger partial charge in [-0.15, -0.1) is 0 Å². The number of nitrogen functional groups attached to an aromatic ring is 1. The molecule has 0 saturated carbocycles. The molecule has 1 aromatic rings. The predicted octanol–water partition coefficient (Wildman–Crippen LogP) is 1.81. The number of benzene rings is 1. The van der Waals surface area contributed by atoms with Crippen LogP contribution in [-0.2, 0) is 9.53 Å². The lowest BCUT2D eigenvalue weighted by Gasteiger charge is -2.32. The first-order valence-corrected chi connectivity index (χ1v) is 8.63. The van der Waals surface area contributed by atoms with E-state index in [0.717, 1.165) is 38.9 Å². The van der Waals surface area contributed by atoms with E-state index in [2.05, 4.69) is 10.2 Å². The molecule has 1 aliphatic rings. The van der Waals surface area contributed by atoms with Crippen LogP contribution in [0.2, 0.25) is 0 Å². The second kappa shape index (κ2) is 9.27. The average molecular weight is 333 g/mol. The molecule has 6 nitrogen and oxygen atoms in total. The highest BCUT2D eigenvalue weighted by molar-refractivity contribution is 5.94. The van der Waals surface area contributed by atoms with Crippen molar-refractivity contribution >= 4 is 17.6 Å². The molecule has 0 bridgehead atoms. The summed E-state index contributed by atoms with van der Waals surface area (Å²) in [7, 11) is 0. The monoisotopic (exact) mass is 333 g/mol. The van der Waals surface area contributed by atoms with Gasteiger partial charge in [-0.3, -0.25) is 9.59 Å². The van der Waals surface area contributed by atoms with E-state index in [4.69, 9.17) is 10.5 Å². The van der Waals surface area contributed by atoms with Crippen LogP contribution in [0.15, 0.2) is 24.3 Å². The zero-order valence-corrected chi connectivity index (χ0v) is 14.3. The zero-order valence-electron chi connectivity index (χ0n) is 14.3. The van der Waals surface area contributed by atoms with Crippen LogP contribution in [0.25, 0.3) is 0 Å². The number of hydrogen-bond acceptors (Lipinski definition) is 5. The molecule has 3 N–H and O–H groups in total. The molecule has 1 heterocycles. The minimum absolute atomic E-state index is 0.0456. The molecule has 1 saturated heterocycles. The normalized spacial score (nSPS) is 15.9. The quantitative estimate of drug-likeness (QED) is 0.587. The van der Waals surface area contributed by atoms with Gasteiger partial charge in [0.15, 0.2) is 0 Å². The van der Waals surface area contributed by atoms with E-state index in [9.17, 15) is 9.59 Å². The van der Waals surface area contributed by atoms with Crippen LogP contribution >= 0.6 is 0 Å². The predicted molar refractivity (Wildman–Crippen MR) is 93.6 cm³/mol. The Labute approximate surface area is 143 Å². The fourth-order valence-electron chi connectivity index (χ4n) is 2.88. The second-order valence-electron chi connectivity index (χ2n) is 6.12. The third-order valence-corrected chi connectivity index (χ3v) is 4.26. The largest absolute Gasteiger partial charge is 0.466 e. The minimum atomic E-state index is -0.122. The third kappa shape index (κ3) is 5.85. The van der Waals surface area contributed by atoms with Gasteiger partial charge in [-0.05, 0) is 57.0 Å². The Morgan fingerprint density at radius 2 is 1.92 bits per heavy atom. The number of likely N-dealkylation sites (tertiary alicyclic amines) is 1. The molecule has 1 fully saturated rings. The lowest BCUT2D eigenvalue weighted by atomic mass is 10.0. The van der Waals surface area contributed by atoms with E-state index >= 15 is 0 Å². The van der Waals surface area contributed by atoms with Crippen molar-refractivity contribution < 1.29 is 14.3 Å². The van der Waals surface area contributed by atoms with E-state index in [1.807, 2.05) is 6.92 Å². The van der Waals surface area contributed by atoms with Gasteiger partial charge in [-0.1, -0.05) is 0 Å². The molecule has 24 heavy (non-hydrogen) atoms. The maximum absolute atomic E-state index is 12.2. The number of piperidine rings is 1. The summed E-state index contributed by atoms with van der Waals surface area (Å²) in [5.41, 5.74) is 6.93. The highest BCUT2D eigenvalue weighted by atomic mass is 16.5. The summed E-state index contributed by atoms with van der Waals surface area (Å²) in [5.74, 6) is -0.168. The number of carbonyl (C=O) groups excluding carboxylic acids is 2. The molecule has 0 unspecified atom stereocenters. The molecule has 1 aromatic carbocycles. The molecule has 0 spiro atoms. The number of rotatable bonds is 7. The molecule has 2 rings (SSSR count). The zero-order chi connectivity index (χ0) is 17.4. The number of hydrogen-bond donors (Lipinski definition) is 2. The number of amides is 1. The lowest BCUT2D eigenvalue weighted by molar-refractivity contribution is -0.143. The summed E-state index contributed by atoms with van der Waals surface area (Å²) < 4.78 is 4.93. The Morgan fingerprint density at radius 1 is 1.25 bits per heavy atom. The fourth-order valence-corrected chi connectivity index (χ4v) is 2.88. The highest BCUT2D eigenvalue weighted by Gasteiger charge is 2.21. The SMILES string of the molecule is CCOC(=O)CCCN1CCC(NC(=O)c2ccc(N)cc2)CC1. The summed E-state index contributed by atoms with van der Waals surface area (Å²) in [6.07, 6.45) is 3.16. The van der Waals surface area contributed by atoms with Crippen LogP contribution in [0.3, 0.4) is 0 Å². The number of nitrogens with two attached hydrogens (primary N) is 1. The highest BCUT2D eigenvalue weighted by Crippen LogP contribution is 2.13. The summed E-state index contributed by atoms with van der Waals surface area (Å²) in [6.45, 7) is 5.04. The summed E-state index contributed by atoms with van der Waals surface area (Å²) in [5, 5.41) is 3.09. The van der Waals surface area contributed by atoms with E-state index < -0.39 is 0 Å². The molecule has 6 heteroatoms. The molecule has 0 aliphatic carbocycles. The van der Waals surface area contributed by atoms with Gasteiger partial charge < -0.3 is 20.7 Å². The Bertz CT molecular complexity index is 537. The van der Waals surface area contributed by atoms with Crippen molar-refractivity contribution in [3.05, 3.63) is 29.8 Å². The third-order valence-electron chi connectivity index (χ3n) is 4.26. The first-order valence-electron chi connectivity index (χ1n) is 8.63. The molecular formula is C18H27N3O3. The van der Waals surface area contributed by atoms with Crippen molar-refractivity contribution in [1.82, 2.24) is 10.2 Å². The number of nitrogens with zero attached hydrogens (tertiary/aromatic N) is 1. The molecule has 0 radical (unpaired) electrons. The van der Waals surface area contributed by atoms with Crippen LogP contribution < -0.4 is 11.1 Å². The number of nitrogens with one attached hydrogen (secondary N) is 1. The maximum Gasteiger partial charge on any atom is 0.305 e. The molecular weight excluding hydrogens is 306 g/mol. The second-order valence-corrected chi connectivity index (χ2v) is 6.12. The number of anilines is 1. The fraction of sp³-hybridized carbons (Fsp3) is 0.556. The first kappa shape index (κ1) is 18.3. The molecule has 0 aromatic heterocycles. The van der Waals surface area contributed by atoms with Gasteiger partial charge in [0.1, 0.15) is 0 Å². The van der Waals surface area contributed by atoms with Gasteiger partial charge in [-0.2, -0.15) is 0 Å². The smallest absolute Gasteiger partial charge is 0.305 e. The Kier molecular flexibility index (Phi) is 7.06. The van der Waals surface area contributed by atoms with E-state index in [1.54, 1.807) is 24.3 Å². The number of ether oxygens (including phenoxy) is 1. The van der Waals surface area contributed by atoms with Gasteiger partial charge in [0.2, 0.25) is 0 Å². The Balaban J connectivity index is 1.66. The topological polar surface area (TPSA) is 84.7 Å². The van der Waals surface area contributed by atoms with E-state index in [-0.39, 0.29) is 17.9 Å². The summed E-state index contributed by atoms with van der Waals surface area (Å²) in [4.78, 5) is 25.9. The van der Waals surface area contributed by atoms with Crippen molar-refractivity contribution in [2.75, 3.05) is 32.0 Å². The number of esters is 1. The molecule has 1 amide bonds. The maximum atomic E-state index is 12.2. The van der Waals surface area contributed by atoms with Crippen LogP contribution in [0.4, 0.5) is 5.69 Å². The first-order chi connectivity index (χ1) is 11.6. The van der Waals surface area contributed by atoms with Crippen molar-refractivity contribution in [2.24, 2.45) is 0 Å². The van der Waals surface area contributed by atoms with Crippen molar-refractivity contribution in [3.63, 3.8) is 0 Å². The van der Waals surface area contributed by atoms with Crippen LogP contribution in [0.1, 0.15) is 43.0 Å². The van der Waals surface area contributed by atoms with Gasteiger partial charge in [-0.25, -0.2) is 0 Å². The van der Waals surface area contributed by atoms with Crippen molar-refractivity contribution in [2.45, 2.75) is 38.6 Å². The van der Waals surface area contributed by atoms with Crippen molar-refractivity contribution in [1.29, 1.82) is 0 Å². The summed E-state index contributed by atoms with van der Waals surface area (Å²) in [6, 6.07) is 7.17. The van der Waals surface area contributed by atoms with Crippen LogP contribution in [-0.4, -0.2) is 49.1 Å². The van der Waals surface area contributed by atoms with Gasteiger partial charge in [0.05, 0.1) is 6.61 Å². The lowest BCUT2D eigenvalue weighted by Crippen LogP contribution is -2.44. The van der Waals surface area contributed by atoms with Gasteiger partial charge in [0.25, 0.3) is 5.91 Å². The molecule has 0 atom stereocenters. The van der Waals surface area contributed by atoms with Gasteiger partial charge >= 0.3 is 5.97 Å².